The highest BCUT2D eigenvalue weighted by molar-refractivity contribution is 6.10. The quantitative estimate of drug-likeness (QED) is 0.297. The molecule has 1 aliphatic rings. The Balaban J connectivity index is 1.67. The Hall–Kier alpha value is -4.65. The van der Waals surface area contributed by atoms with Gasteiger partial charge in [0.1, 0.15) is 13.2 Å². The highest BCUT2D eigenvalue weighted by Gasteiger charge is 2.50. The van der Waals surface area contributed by atoms with Gasteiger partial charge < -0.3 is 9.47 Å². The fraction of sp³-hybridized carbons (Fsp3) is 0.194. The number of carbonyl (C=O) groups excluding carboxylic acids is 3. The Morgan fingerprint density at radius 3 is 2.03 bits per heavy atom. The molecule has 1 aliphatic carbocycles. The molecule has 0 radical (unpaired) electrons. The lowest BCUT2D eigenvalue weighted by molar-refractivity contribution is -0.128. The van der Waals surface area contributed by atoms with E-state index in [9.17, 15) is 14.4 Å². The Bertz CT molecular complexity index is 1370. The van der Waals surface area contributed by atoms with Crippen molar-refractivity contribution in [2.75, 3.05) is 0 Å². The number of ketones is 1. The number of hydrogen-bond donors (Lipinski definition) is 1. The second kappa shape index (κ2) is 11.6. The number of carbonyl (C=O) groups is 3. The maximum Gasteiger partial charge on any atom is 0.430 e. The van der Waals surface area contributed by atoms with Gasteiger partial charge in [0.05, 0.1) is 0 Å². The largest absolute Gasteiger partial charge is 0.443 e. The molecule has 0 heterocycles. The van der Waals surface area contributed by atoms with Crippen molar-refractivity contribution in [1.82, 2.24) is 10.4 Å². The van der Waals surface area contributed by atoms with Gasteiger partial charge in [-0.1, -0.05) is 97.1 Å². The average Bonchev–Trinajstić information content (AvgIpc) is 2.93. The second-order valence-corrected chi connectivity index (χ2v) is 9.34. The maximum atomic E-state index is 14.0. The standard InChI is InChI=1S/C31H30N2O5/c1-22(2)18-26-19-25-16-10-11-17-27(25)31(3,28(26)34)33(30(36)38-21-24-14-8-5-9-15-24)32-29(35)37-20-23-12-6-4-7-13-23/h4-17,19H,1,18,20-21H2,2-3H3,(H,32,35)/t31-/m1/s1. The van der Waals surface area contributed by atoms with Crippen molar-refractivity contribution in [2.24, 2.45) is 0 Å². The lowest BCUT2D eigenvalue weighted by atomic mass is 9.75. The number of hydrazine groups is 1. The number of allylic oxidation sites excluding steroid dienone is 1. The van der Waals surface area contributed by atoms with Crippen LogP contribution in [0.3, 0.4) is 0 Å². The van der Waals surface area contributed by atoms with Crippen molar-refractivity contribution in [3.63, 3.8) is 0 Å². The molecule has 0 fully saturated rings. The van der Waals surface area contributed by atoms with Gasteiger partial charge in [0.15, 0.2) is 11.3 Å². The van der Waals surface area contributed by atoms with E-state index in [1.54, 1.807) is 25.1 Å². The van der Waals surface area contributed by atoms with Gasteiger partial charge in [0.25, 0.3) is 0 Å². The van der Waals surface area contributed by atoms with Crippen LogP contribution in [0.4, 0.5) is 9.59 Å². The van der Waals surface area contributed by atoms with Crippen LogP contribution >= 0.6 is 0 Å². The summed E-state index contributed by atoms with van der Waals surface area (Å²) in [6.45, 7) is 7.32. The van der Waals surface area contributed by atoms with E-state index < -0.39 is 17.7 Å². The minimum atomic E-state index is -1.60. The predicted molar refractivity (Wildman–Crippen MR) is 144 cm³/mol. The lowest BCUT2D eigenvalue weighted by Gasteiger charge is -2.42. The number of hydrogen-bond acceptors (Lipinski definition) is 5. The molecule has 4 rings (SSSR count). The molecule has 0 spiro atoms. The molecule has 1 N–H and O–H groups in total. The molecule has 0 saturated heterocycles. The van der Waals surface area contributed by atoms with Crippen LogP contribution in [0.1, 0.15) is 42.5 Å². The molecule has 3 aromatic carbocycles. The summed E-state index contributed by atoms with van der Waals surface area (Å²) in [5.41, 5.74) is 5.01. The topological polar surface area (TPSA) is 84.9 Å². The van der Waals surface area contributed by atoms with Crippen LogP contribution in [0.2, 0.25) is 0 Å². The number of fused-ring (bicyclic) bond motifs is 1. The van der Waals surface area contributed by atoms with Crippen molar-refractivity contribution in [2.45, 2.75) is 39.0 Å². The summed E-state index contributed by atoms with van der Waals surface area (Å²) in [4.78, 5) is 40.5. The third-order valence-electron chi connectivity index (χ3n) is 6.29. The number of nitrogens with zero attached hydrogens (tertiary/aromatic N) is 1. The molecule has 0 unspecified atom stereocenters. The van der Waals surface area contributed by atoms with E-state index in [4.69, 9.17) is 9.47 Å². The van der Waals surface area contributed by atoms with E-state index in [0.29, 0.717) is 17.6 Å². The lowest BCUT2D eigenvalue weighted by Crippen LogP contribution is -2.61. The summed E-state index contributed by atoms with van der Waals surface area (Å²) in [5, 5.41) is 0.940. The number of Topliss-reactive ketones (excluding diaryl/α,β-unsaturated/α-hetero) is 1. The van der Waals surface area contributed by atoms with Crippen LogP contribution in [0.5, 0.6) is 0 Å². The number of nitrogens with one attached hydrogen (secondary N) is 1. The first-order valence-corrected chi connectivity index (χ1v) is 12.3. The molecular weight excluding hydrogens is 480 g/mol. The van der Waals surface area contributed by atoms with Gasteiger partial charge in [0, 0.05) is 5.57 Å². The van der Waals surface area contributed by atoms with Crippen molar-refractivity contribution < 1.29 is 23.9 Å². The minimum Gasteiger partial charge on any atom is -0.443 e. The zero-order valence-electron chi connectivity index (χ0n) is 21.5. The normalized spacial score (nSPS) is 16.1. The molecule has 7 nitrogen and oxygen atoms in total. The number of rotatable bonds is 7. The highest BCUT2D eigenvalue weighted by Crippen LogP contribution is 2.40. The molecule has 1 atom stereocenters. The summed E-state index contributed by atoms with van der Waals surface area (Å²) in [7, 11) is 0. The van der Waals surface area contributed by atoms with E-state index in [0.717, 1.165) is 27.3 Å². The Labute approximate surface area is 222 Å². The van der Waals surface area contributed by atoms with Crippen LogP contribution in [0, 0.1) is 0 Å². The Morgan fingerprint density at radius 2 is 1.42 bits per heavy atom. The maximum absolute atomic E-state index is 14.0. The van der Waals surface area contributed by atoms with E-state index in [-0.39, 0.29) is 19.0 Å². The van der Waals surface area contributed by atoms with E-state index in [2.05, 4.69) is 12.0 Å². The fourth-order valence-corrected chi connectivity index (χ4v) is 4.40. The van der Waals surface area contributed by atoms with E-state index in [1.165, 1.54) is 0 Å². The molecule has 0 saturated carbocycles. The van der Waals surface area contributed by atoms with Crippen molar-refractivity contribution in [3.8, 4) is 0 Å². The molecule has 0 bridgehead atoms. The van der Waals surface area contributed by atoms with Gasteiger partial charge >= 0.3 is 12.2 Å². The number of benzene rings is 3. The van der Waals surface area contributed by atoms with Crippen molar-refractivity contribution in [1.29, 1.82) is 0 Å². The number of amides is 2. The first-order chi connectivity index (χ1) is 18.3. The monoisotopic (exact) mass is 510 g/mol. The molecule has 38 heavy (non-hydrogen) atoms. The van der Waals surface area contributed by atoms with Gasteiger partial charge in [0.2, 0.25) is 0 Å². The van der Waals surface area contributed by atoms with Crippen LogP contribution in [0.25, 0.3) is 6.08 Å². The molecule has 2 amide bonds. The third-order valence-corrected chi connectivity index (χ3v) is 6.29. The van der Waals surface area contributed by atoms with Gasteiger partial charge in [-0.2, -0.15) is 5.01 Å². The first kappa shape index (κ1) is 26.4. The van der Waals surface area contributed by atoms with E-state index in [1.807, 2.05) is 79.7 Å². The average molecular weight is 511 g/mol. The third kappa shape index (κ3) is 5.83. The fourth-order valence-electron chi connectivity index (χ4n) is 4.40. The predicted octanol–water partition coefficient (Wildman–Crippen LogP) is 6.31. The summed E-state index contributed by atoms with van der Waals surface area (Å²) < 4.78 is 11.0. The van der Waals surface area contributed by atoms with Crippen LogP contribution in [0.15, 0.2) is 103 Å². The van der Waals surface area contributed by atoms with Gasteiger partial charge in [-0.3, -0.25) is 4.79 Å². The molecule has 7 heteroatoms. The van der Waals surface area contributed by atoms with Crippen LogP contribution in [-0.4, -0.2) is 23.0 Å². The molecule has 3 aromatic rings. The van der Waals surface area contributed by atoms with Crippen LogP contribution < -0.4 is 5.43 Å². The summed E-state index contributed by atoms with van der Waals surface area (Å²) in [6.07, 6.45) is 0.337. The number of ether oxygens (including phenoxy) is 2. The first-order valence-electron chi connectivity index (χ1n) is 12.3. The van der Waals surface area contributed by atoms with Gasteiger partial charge in [-0.15, -0.1) is 0 Å². The summed E-state index contributed by atoms with van der Waals surface area (Å²) in [6, 6.07) is 25.6. The second-order valence-electron chi connectivity index (χ2n) is 9.34. The molecular formula is C31H30N2O5. The van der Waals surface area contributed by atoms with Crippen LogP contribution in [-0.2, 0) is 33.0 Å². The Kier molecular flexibility index (Phi) is 8.06. The molecule has 0 aliphatic heterocycles. The van der Waals surface area contributed by atoms with E-state index >= 15 is 0 Å². The van der Waals surface area contributed by atoms with Crippen molar-refractivity contribution in [3.05, 3.63) is 125 Å². The summed E-state index contributed by atoms with van der Waals surface area (Å²) >= 11 is 0. The van der Waals surface area contributed by atoms with Gasteiger partial charge in [-0.25, -0.2) is 15.0 Å². The summed E-state index contributed by atoms with van der Waals surface area (Å²) in [5.74, 6) is -0.348. The van der Waals surface area contributed by atoms with Gasteiger partial charge in [-0.05, 0) is 48.6 Å². The molecule has 194 valence electrons. The Morgan fingerprint density at radius 1 is 0.868 bits per heavy atom. The SMILES string of the molecule is C=C(C)CC1=Cc2ccccc2[C@@](C)(N(NC(=O)OCc2ccccc2)C(=O)OCc2ccccc2)C1=O. The van der Waals surface area contributed by atoms with Crippen molar-refractivity contribution >= 4 is 24.0 Å². The zero-order valence-corrected chi connectivity index (χ0v) is 21.5. The zero-order chi connectivity index (χ0) is 27.1. The molecule has 0 aromatic heterocycles. The highest BCUT2D eigenvalue weighted by atomic mass is 16.6. The smallest absolute Gasteiger partial charge is 0.430 e. The minimum absolute atomic E-state index is 0.0123.